The lowest BCUT2D eigenvalue weighted by Crippen LogP contribution is -2.34. The van der Waals surface area contributed by atoms with Crippen LogP contribution in [0.15, 0.2) is 22.7 Å². The van der Waals surface area contributed by atoms with Gasteiger partial charge >= 0.3 is 0 Å². The molecule has 0 heterocycles. The van der Waals surface area contributed by atoms with Crippen LogP contribution in [0.1, 0.15) is 31.2 Å². The van der Waals surface area contributed by atoms with Gasteiger partial charge in [-0.15, -0.1) is 0 Å². The van der Waals surface area contributed by atoms with Crippen LogP contribution < -0.4 is 5.32 Å². The van der Waals surface area contributed by atoms with Crippen LogP contribution in [-0.4, -0.2) is 22.5 Å². The van der Waals surface area contributed by atoms with Crippen molar-refractivity contribution in [2.24, 2.45) is 0 Å². The fourth-order valence-corrected chi connectivity index (χ4v) is 3.83. The molecule has 0 spiro atoms. The highest BCUT2D eigenvalue weighted by atomic mass is 79.9. The predicted octanol–water partition coefficient (Wildman–Crippen LogP) is 4.12. The Morgan fingerprint density at radius 2 is 2.30 bits per heavy atom. The van der Waals surface area contributed by atoms with Crippen molar-refractivity contribution >= 4 is 33.4 Å². The van der Waals surface area contributed by atoms with Crippen molar-refractivity contribution < 1.29 is 4.92 Å². The molecule has 6 heteroatoms. The minimum absolute atomic E-state index is 0.134. The number of nitro benzene ring substituents is 1. The lowest BCUT2D eigenvalue weighted by molar-refractivity contribution is -0.385. The Morgan fingerprint density at radius 3 is 3.00 bits per heavy atom. The summed E-state index contributed by atoms with van der Waals surface area (Å²) in [4.78, 5) is 10.6. The molecule has 1 aliphatic carbocycles. The van der Waals surface area contributed by atoms with E-state index in [-0.39, 0.29) is 10.6 Å². The molecule has 0 saturated heterocycles. The maximum absolute atomic E-state index is 10.9. The zero-order valence-electron chi connectivity index (χ0n) is 11.5. The SMILES string of the molecule is CS[C@H]1CCC[C@@H](NCc2ccc(Br)c([N+](=O)[O-])c2)C1. The molecule has 1 aromatic carbocycles. The van der Waals surface area contributed by atoms with Crippen molar-refractivity contribution in [1.82, 2.24) is 5.32 Å². The molecule has 0 aromatic heterocycles. The Labute approximate surface area is 132 Å². The highest BCUT2D eigenvalue weighted by Crippen LogP contribution is 2.28. The number of benzene rings is 1. The molecular weight excluding hydrogens is 340 g/mol. The van der Waals surface area contributed by atoms with Gasteiger partial charge in [0, 0.05) is 23.9 Å². The molecule has 0 amide bonds. The molecule has 1 N–H and O–H groups in total. The number of halogens is 1. The van der Waals surface area contributed by atoms with Gasteiger partial charge < -0.3 is 5.32 Å². The topological polar surface area (TPSA) is 55.2 Å². The highest BCUT2D eigenvalue weighted by Gasteiger charge is 2.21. The van der Waals surface area contributed by atoms with Gasteiger partial charge in [-0.3, -0.25) is 10.1 Å². The van der Waals surface area contributed by atoms with Gasteiger partial charge in [-0.1, -0.05) is 12.5 Å². The number of nitrogens with one attached hydrogen (secondary N) is 1. The third-order valence-electron chi connectivity index (χ3n) is 3.76. The van der Waals surface area contributed by atoms with Crippen LogP contribution >= 0.6 is 27.7 Å². The van der Waals surface area contributed by atoms with Crippen molar-refractivity contribution in [2.75, 3.05) is 6.26 Å². The van der Waals surface area contributed by atoms with E-state index >= 15 is 0 Å². The highest BCUT2D eigenvalue weighted by molar-refractivity contribution is 9.10. The molecular formula is C14H19BrN2O2S. The van der Waals surface area contributed by atoms with Gasteiger partial charge in [0.2, 0.25) is 0 Å². The first-order valence-corrected chi connectivity index (χ1v) is 8.87. The van der Waals surface area contributed by atoms with E-state index in [1.165, 1.54) is 25.7 Å². The summed E-state index contributed by atoms with van der Waals surface area (Å²) >= 11 is 5.16. The standard InChI is InChI=1S/C14H19BrN2O2S/c1-20-12-4-2-3-11(8-12)16-9-10-5-6-13(15)14(7-10)17(18)19/h5-7,11-12,16H,2-4,8-9H2,1H3/t11-,12+/m1/s1. The van der Waals surface area contributed by atoms with Crippen molar-refractivity contribution in [2.45, 2.75) is 43.5 Å². The summed E-state index contributed by atoms with van der Waals surface area (Å²) < 4.78 is 0.534. The Hall–Kier alpha value is -0.590. The van der Waals surface area contributed by atoms with Crippen molar-refractivity contribution in [3.8, 4) is 0 Å². The first-order valence-electron chi connectivity index (χ1n) is 6.79. The second kappa shape index (κ2) is 7.43. The Kier molecular flexibility index (Phi) is 5.86. The molecule has 1 aromatic rings. The quantitative estimate of drug-likeness (QED) is 0.635. The Balaban J connectivity index is 1.93. The van der Waals surface area contributed by atoms with Crippen LogP contribution in [0, 0.1) is 10.1 Å². The molecule has 0 radical (unpaired) electrons. The molecule has 1 aliphatic rings. The van der Waals surface area contributed by atoms with E-state index in [1.54, 1.807) is 12.1 Å². The van der Waals surface area contributed by atoms with Gasteiger partial charge in [-0.05, 0) is 53.1 Å². The maximum Gasteiger partial charge on any atom is 0.283 e. The Morgan fingerprint density at radius 1 is 1.50 bits per heavy atom. The molecule has 1 fully saturated rings. The summed E-state index contributed by atoms with van der Waals surface area (Å²) in [5.74, 6) is 0. The van der Waals surface area contributed by atoms with Crippen molar-refractivity contribution in [3.63, 3.8) is 0 Å². The third-order valence-corrected chi connectivity index (χ3v) is 5.53. The van der Waals surface area contributed by atoms with E-state index in [0.717, 1.165) is 10.8 Å². The largest absolute Gasteiger partial charge is 0.310 e. The molecule has 0 bridgehead atoms. The summed E-state index contributed by atoms with van der Waals surface area (Å²) in [5.41, 5.74) is 1.10. The number of hydrogen-bond acceptors (Lipinski definition) is 4. The minimum atomic E-state index is -0.349. The fraction of sp³-hybridized carbons (Fsp3) is 0.571. The first-order chi connectivity index (χ1) is 9.60. The Bertz CT molecular complexity index is 484. The fourth-order valence-electron chi connectivity index (χ4n) is 2.61. The summed E-state index contributed by atoms with van der Waals surface area (Å²) in [6.07, 6.45) is 7.15. The second-order valence-corrected chi connectivity index (χ2v) is 7.14. The molecule has 1 saturated carbocycles. The zero-order valence-corrected chi connectivity index (χ0v) is 13.9. The molecule has 4 nitrogen and oxygen atoms in total. The van der Waals surface area contributed by atoms with Crippen LogP contribution in [0.2, 0.25) is 0 Å². The monoisotopic (exact) mass is 358 g/mol. The van der Waals surface area contributed by atoms with E-state index in [2.05, 4.69) is 27.5 Å². The second-order valence-electron chi connectivity index (χ2n) is 5.15. The van der Waals surface area contributed by atoms with Gasteiger partial charge in [0.25, 0.3) is 5.69 Å². The lowest BCUT2D eigenvalue weighted by Gasteiger charge is -2.28. The molecule has 0 unspecified atom stereocenters. The van der Waals surface area contributed by atoms with Crippen LogP contribution in [0.4, 0.5) is 5.69 Å². The van der Waals surface area contributed by atoms with E-state index < -0.39 is 0 Å². The number of hydrogen-bond donors (Lipinski definition) is 1. The van der Waals surface area contributed by atoms with Gasteiger partial charge in [0.05, 0.1) is 9.40 Å². The lowest BCUT2D eigenvalue weighted by atomic mass is 9.95. The van der Waals surface area contributed by atoms with E-state index in [9.17, 15) is 10.1 Å². The average Bonchev–Trinajstić information content (AvgIpc) is 2.46. The van der Waals surface area contributed by atoms with Crippen LogP contribution in [0.25, 0.3) is 0 Å². The summed E-state index contributed by atoms with van der Waals surface area (Å²) in [5, 5.41) is 15.2. The van der Waals surface area contributed by atoms with Crippen LogP contribution in [0.3, 0.4) is 0 Å². The molecule has 2 atom stereocenters. The zero-order chi connectivity index (χ0) is 14.5. The predicted molar refractivity (Wildman–Crippen MR) is 87.2 cm³/mol. The van der Waals surface area contributed by atoms with E-state index in [4.69, 9.17) is 0 Å². The number of thioether (sulfide) groups is 1. The summed E-state index contributed by atoms with van der Waals surface area (Å²) in [7, 11) is 0. The smallest absolute Gasteiger partial charge is 0.283 e. The van der Waals surface area contributed by atoms with Crippen molar-refractivity contribution in [3.05, 3.63) is 38.3 Å². The number of rotatable bonds is 5. The van der Waals surface area contributed by atoms with E-state index in [1.807, 2.05) is 17.8 Å². The first kappa shape index (κ1) is 15.8. The average molecular weight is 359 g/mol. The summed E-state index contributed by atoms with van der Waals surface area (Å²) in [6, 6.07) is 5.86. The van der Waals surface area contributed by atoms with E-state index in [0.29, 0.717) is 17.1 Å². The van der Waals surface area contributed by atoms with Gasteiger partial charge in [-0.2, -0.15) is 11.8 Å². The number of nitrogens with zero attached hydrogens (tertiary/aromatic N) is 1. The van der Waals surface area contributed by atoms with Crippen molar-refractivity contribution in [1.29, 1.82) is 0 Å². The molecule has 0 aliphatic heterocycles. The van der Waals surface area contributed by atoms with Crippen LogP contribution in [0.5, 0.6) is 0 Å². The molecule has 110 valence electrons. The maximum atomic E-state index is 10.9. The normalized spacial score (nSPS) is 22.7. The number of nitro groups is 1. The molecule has 2 rings (SSSR count). The van der Waals surface area contributed by atoms with Crippen LogP contribution in [-0.2, 0) is 6.54 Å². The summed E-state index contributed by atoms with van der Waals surface area (Å²) in [6.45, 7) is 0.694. The van der Waals surface area contributed by atoms with Gasteiger partial charge in [0.1, 0.15) is 0 Å². The van der Waals surface area contributed by atoms with Gasteiger partial charge in [0.15, 0.2) is 0 Å². The van der Waals surface area contributed by atoms with Gasteiger partial charge in [-0.25, -0.2) is 0 Å². The third kappa shape index (κ3) is 4.20. The minimum Gasteiger partial charge on any atom is -0.310 e. The molecule has 20 heavy (non-hydrogen) atoms.